The monoisotopic (exact) mass is 568 g/mol. The van der Waals surface area contributed by atoms with Crippen molar-refractivity contribution in [2.24, 2.45) is 5.14 Å². The van der Waals surface area contributed by atoms with Crippen molar-refractivity contribution in [2.45, 2.75) is 43.7 Å². The molecule has 1 fully saturated rings. The number of hydrogen-bond donors (Lipinski definition) is 3. The maximum Gasteiger partial charge on any atom is 0.407 e. The van der Waals surface area contributed by atoms with Crippen LogP contribution in [-0.2, 0) is 14.8 Å². The minimum atomic E-state index is -3.85. The molecular formula is C26H28N6O5S2. The summed E-state index contributed by atoms with van der Waals surface area (Å²) in [7, 11) is -3.85. The predicted octanol–water partition coefficient (Wildman–Crippen LogP) is 3.97. The third-order valence-electron chi connectivity index (χ3n) is 6.07. The molecule has 11 nitrogen and oxygen atoms in total. The van der Waals surface area contributed by atoms with Gasteiger partial charge in [-0.15, -0.1) is 11.3 Å². The van der Waals surface area contributed by atoms with Crippen molar-refractivity contribution in [3.63, 3.8) is 0 Å². The zero-order chi connectivity index (χ0) is 27.9. The number of thiophene rings is 1. The summed E-state index contributed by atoms with van der Waals surface area (Å²) in [5.74, 6) is 0.168. The number of rotatable bonds is 5. The van der Waals surface area contributed by atoms with Crippen molar-refractivity contribution in [3.8, 4) is 0 Å². The summed E-state index contributed by atoms with van der Waals surface area (Å²) in [6.45, 7) is 6.34. The van der Waals surface area contributed by atoms with E-state index in [-0.39, 0.29) is 22.8 Å². The van der Waals surface area contributed by atoms with Crippen LogP contribution in [0.4, 0.5) is 16.4 Å². The predicted molar refractivity (Wildman–Crippen MR) is 150 cm³/mol. The SMILES string of the molecule is CC(C)(C)OC(=O)NC1CCN(C(=O)c2cc3c(ccc4cnc(Nc5cccc(S(N)(=O)=O)c5)nc43)s2)C1. The van der Waals surface area contributed by atoms with Crippen LogP contribution in [-0.4, -0.2) is 60.0 Å². The van der Waals surface area contributed by atoms with Gasteiger partial charge in [-0.25, -0.2) is 28.3 Å². The number of sulfonamides is 1. The summed E-state index contributed by atoms with van der Waals surface area (Å²) in [4.78, 5) is 36.7. The first-order valence-corrected chi connectivity index (χ1v) is 14.6. The molecule has 2 aromatic carbocycles. The Balaban J connectivity index is 1.36. The summed E-state index contributed by atoms with van der Waals surface area (Å²) < 4.78 is 29.6. The summed E-state index contributed by atoms with van der Waals surface area (Å²) in [5.41, 5.74) is 0.540. The molecule has 2 amide bonds. The van der Waals surface area contributed by atoms with Gasteiger partial charge in [0.2, 0.25) is 16.0 Å². The molecule has 1 aliphatic heterocycles. The van der Waals surface area contributed by atoms with Crippen molar-refractivity contribution in [3.05, 3.63) is 53.5 Å². The summed E-state index contributed by atoms with van der Waals surface area (Å²) in [5, 5.41) is 12.7. The molecule has 0 radical (unpaired) electrons. The molecule has 5 rings (SSSR count). The fourth-order valence-corrected chi connectivity index (χ4v) is 5.94. The van der Waals surface area contributed by atoms with Crippen LogP contribution < -0.4 is 15.8 Å². The average Bonchev–Trinajstić information content (AvgIpc) is 3.49. The number of carbonyl (C=O) groups excluding carboxylic acids is 2. The highest BCUT2D eigenvalue weighted by molar-refractivity contribution is 7.89. The number of amides is 2. The number of benzene rings is 2. The molecule has 2 aromatic heterocycles. The zero-order valence-electron chi connectivity index (χ0n) is 21.6. The highest BCUT2D eigenvalue weighted by Gasteiger charge is 2.30. The molecule has 3 heterocycles. The van der Waals surface area contributed by atoms with E-state index in [1.165, 1.54) is 23.5 Å². The lowest BCUT2D eigenvalue weighted by Gasteiger charge is -2.22. The van der Waals surface area contributed by atoms with Gasteiger partial charge < -0.3 is 20.3 Å². The molecule has 0 bridgehead atoms. The Bertz CT molecular complexity index is 1700. The Kier molecular flexibility index (Phi) is 6.91. The number of hydrogen-bond acceptors (Lipinski definition) is 9. The van der Waals surface area contributed by atoms with Gasteiger partial charge in [-0.2, -0.15) is 0 Å². The highest BCUT2D eigenvalue weighted by atomic mass is 32.2. The van der Waals surface area contributed by atoms with E-state index in [2.05, 4.69) is 20.6 Å². The fraction of sp³-hybridized carbons (Fsp3) is 0.308. The van der Waals surface area contributed by atoms with E-state index in [4.69, 9.17) is 9.88 Å². The quantitative estimate of drug-likeness (QED) is 0.326. The van der Waals surface area contributed by atoms with Crippen LogP contribution in [0, 0.1) is 0 Å². The maximum absolute atomic E-state index is 13.3. The van der Waals surface area contributed by atoms with Gasteiger partial charge in [-0.3, -0.25) is 4.79 Å². The van der Waals surface area contributed by atoms with E-state index in [0.29, 0.717) is 35.6 Å². The molecule has 0 spiro atoms. The van der Waals surface area contributed by atoms with Gasteiger partial charge in [0.05, 0.1) is 21.3 Å². The van der Waals surface area contributed by atoms with Gasteiger partial charge in [0.1, 0.15) is 5.60 Å². The number of primary sulfonamides is 1. The molecule has 39 heavy (non-hydrogen) atoms. The fourth-order valence-electron chi connectivity index (χ4n) is 4.35. The normalized spacial score (nSPS) is 16.0. The van der Waals surface area contributed by atoms with Crippen molar-refractivity contribution in [1.29, 1.82) is 0 Å². The van der Waals surface area contributed by atoms with E-state index in [0.717, 1.165) is 15.5 Å². The highest BCUT2D eigenvalue weighted by Crippen LogP contribution is 2.33. The lowest BCUT2D eigenvalue weighted by molar-refractivity contribution is 0.0502. The Morgan fingerprint density at radius 3 is 2.72 bits per heavy atom. The van der Waals surface area contributed by atoms with E-state index >= 15 is 0 Å². The first-order valence-electron chi connectivity index (χ1n) is 12.2. The van der Waals surface area contributed by atoms with Crippen LogP contribution in [0.2, 0.25) is 0 Å². The minimum absolute atomic E-state index is 0.0258. The second-order valence-electron chi connectivity index (χ2n) is 10.3. The minimum Gasteiger partial charge on any atom is -0.444 e. The number of nitrogens with two attached hydrogens (primary N) is 1. The number of anilines is 2. The van der Waals surface area contributed by atoms with Crippen molar-refractivity contribution in [1.82, 2.24) is 20.2 Å². The third-order valence-corrected chi connectivity index (χ3v) is 8.07. The number of carbonyl (C=O) groups is 2. The Hall–Kier alpha value is -3.81. The zero-order valence-corrected chi connectivity index (χ0v) is 23.2. The average molecular weight is 569 g/mol. The first kappa shape index (κ1) is 26.8. The van der Waals surface area contributed by atoms with Crippen molar-refractivity contribution >= 4 is 66.0 Å². The maximum atomic E-state index is 13.3. The Labute approximate surface area is 229 Å². The molecule has 13 heteroatoms. The van der Waals surface area contributed by atoms with Crippen LogP contribution in [0.25, 0.3) is 21.0 Å². The standard InChI is InChI=1S/C26H28N6O5S2/c1-26(2,3)37-25(34)30-17-9-10-32(14-17)23(33)21-12-19-20(38-21)8-7-15-13-28-24(31-22(15)19)29-16-5-4-6-18(11-16)39(27,35)36/h4-8,11-13,17H,9-10,14H2,1-3H3,(H,30,34)(H2,27,35,36)(H,28,29,31). The number of fused-ring (bicyclic) bond motifs is 3. The number of nitrogens with zero attached hydrogens (tertiary/aromatic N) is 3. The van der Waals surface area contributed by atoms with Crippen LogP contribution in [0.1, 0.15) is 36.9 Å². The topological polar surface area (TPSA) is 157 Å². The number of alkyl carbamates (subject to hydrolysis) is 1. The smallest absolute Gasteiger partial charge is 0.407 e. The van der Waals surface area contributed by atoms with Crippen LogP contribution >= 0.6 is 11.3 Å². The van der Waals surface area contributed by atoms with Crippen LogP contribution in [0.3, 0.4) is 0 Å². The number of ether oxygens (including phenoxy) is 1. The third kappa shape index (κ3) is 6.10. The van der Waals surface area contributed by atoms with Gasteiger partial charge in [0.25, 0.3) is 5.91 Å². The van der Waals surface area contributed by atoms with E-state index < -0.39 is 21.7 Å². The van der Waals surface area contributed by atoms with E-state index in [9.17, 15) is 18.0 Å². The van der Waals surface area contributed by atoms with Gasteiger partial charge >= 0.3 is 6.09 Å². The molecule has 204 valence electrons. The lowest BCUT2D eigenvalue weighted by atomic mass is 10.2. The van der Waals surface area contributed by atoms with Crippen LogP contribution in [0.15, 0.2) is 53.6 Å². The summed E-state index contributed by atoms with van der Waals surface area (Å²) in [6.07, 6.45) is 1.82. The van der Waals surface area contributed by atoms with Gasteiger partial charge in [-0.1, -0.05) is 6.07 Å². The molecular weight excluding hydrogens is 540 g/mol. The van der Waals surface area contributed by atoms with Gasteiger partial charge in [-0.05, 0) is 63.6 Å². The molecule has 1 saturated heterocycles. The molecule has 0 saturated carbocycles. The summed E-state index contributed by atoms with van der Waals surface area (Å²) in [6, 6.07) is 11.6. The molecule has 1 unspecified atom stereocenters. The molecule has 1 atom stereocenters. The van der Waals surface area contributed by atoms with E-state index in [1.807, 2.05) is 18.2 Å². The van der Waals surface area contributed by atoms with Crippen molar-refractivity contribution < 1.29 is 22.7 Å². The van der Waals surface area contributed by atoms with Gasteiger partial charge in [0, 0.05) is 40.4 Å². The van der Waals surface area contributed by atoms with Crippen LogP contribution in [0.5, 0.6) is 0 Å². The largest absolute Gasteiger partial charge is 0.444 e. The van der Waals surface area contributed by atoms with Crippen molar-refractivity contribution in [2.75, 3.05) is 18.4 Å². The van der Waals surface area contributed by atoms with Gasteiger partial charge in [0.15, 0.2) is 0 Å². The number of nitrogens with one attached hydrogen (secondary N) is 2. The number of likely N-dealkylation sites (tertiary alicyclic amines) is 1. The Morgan fingerprint density at radius 1 is 1.18 bits per heavy atom. The summed E-state index contributed by atoms with van der Waals surface area (Å²) >= 11 is 1.38. The first-order chi connectivity index (χ1) is 18.4. The second kappa shape index (κ2) is 10.1. The molecule has 4 aromatic rings. The van der Waals surface area contributed by atoms with E-state index in [1.54, 1.807) is 44.0 Å². The Morgan fingerprint density at radius 2 is 1.97 bits per heavy atom. The second-order valence-corrected chi connectivity index (χ2v) is 12.9. The molecule has 4 N–H and O–H groups in total. The molecule has 0 aliphatic carbocycles. The number of aromatic nitrogens is 2. The lowest BCUT2D eigenvalue weighted by Crippen LogP contribution is -2.41. The molecule has 1 aliphatic rings.